The molecule has 0 aliphatic rings. The zero-order valence-corrected chi connectivity index (χ0v) is 15.0. The maximum absolute atomic E-state index is 5.84. The molecular weight excluding hydrogens is 304 g/mol. The highest BCUT2D eigenvalue weighted by molar-refractivity contribution is 7.80. The molecule has 23 heavy (non-hydrogen) atoms. The quantitative estimate of drug-likeness (QED) is 0.799. The van der Waals surface area contributed by atoms with Gasteiger partial charge in [-0.2, -0.15) is 0 Å². The van der Waals surface area contributed by atoms with Gasteiger partial charge >= 0.3 is 0 Å². The highest BCUT2D eigenvalue weighted by Crippen LogP contribution is 2.17. The number of thiocarbonyl (C=S) groups is 1. The molecular formula is C19H24N2OS. The predicted molar refractivity (Wildman–Crippen MR) is 101 cm³/mol. The summed E-state index contributed by atoms with van der Waals surface area (Å²) < 4.78 is 5.84. The molecule has 2 rings (SSSR count). The first-order chi connectivity index (χ1) is 11.0. The third-order valence-corrected chi connectivity index (χ3v) is 3.82. The predicted octanol–water partition coefficient (Wildman–Crippen LogP) is 4.37. The molecule has 0 saturated heterocycles. The summed E-state index contributed by atoms with van der Waals surface area (Å²) in [6.45, 7) is 8.78. The molecule has 0 amide bonds. The van der Waals surface area contributed by atoms with Crippen molar-refractivity contribution in [2.24, 2.45) is 0 Å². The van der Waals surface area contributed by atoms with Crippen LogP contribution >= 0.6 is 12.2 Å². The number of para-hydroxylation sites is 1. The third kappa shape index (κ3) is 5.25. The molecule has 0 saturated carbocycles. The number of aryl methyl sites for hydroxylation is 3. The van der Waals surface area contributed by atoms with Gasteiger partial charge in [0.05, 0.1) is 6.04 Å². The average molecular weight is 328 g/mol. The lowest BCUT2D eigenvalue weighted by atomic mass is 10.1. The zero-order chi connectivity index (χ0) is 16.8. The van der Waals surface area contributed by atoms with Gasteiger partial charge in [-0.15, -0.1) is 0 Å². The van der Waals surface area contributed by atoms with E-state index in [9.17, 15) is 0 Å². The summed E-state index contributed by atoms with van der Waals surface area (Å²) in [6, 6.07) is 14.4. The monoisotopic (exact) mass is 328 g/mol. The Morgan fingerprint density at radius 1 is 1.09 bits per heavy atom. The van der Waals surface area contributed by atoms with Gasteiger partial charge in [0.1, 0.15) is 12.4 Å². The van der Waals surface area contributed by atoms with Gasteiger partial charge in [-0.1, -0.05) is 30.3 Å². The van der Waals surface area contributed by atoms with Crippen molar-refractivity contribution in [1.82, 2.24) is 5.32 Å². The number of rotatable bonds is 5. The van der Waals surface area contributed by atoms with E-state index in [1.54, 1.807) is 0 Å². The normalized spacial score (nSPS) is 11.7. The number of benzene rings is 2. The molecule has 0 bridgehead atoms. The van der Waals surface area contributed by atoms with Crippen LogP contribution in [0.3, 0.4) is 0 Å². The topological polar surface area (TPSA) is 33.3 Å². The van der Waals surface area contributed by atoms with E-state index in [4.69, 9.17) is 17.0 Å². The average Bonchev–Trinajstić information content (AvgIpc) is 2.50. The summed E-state index contributed by atoms with van der Waals surface area (Å²) in [5.41, 5.74) is 4.55. The minimum absolute atomic E-state index is 0.111. The highest BCUT2D eigenvalue weighted by atomic mass is 32.1. The number of ether oxygens (including phenoxy) is 1. The van der Waals surface area contributed by atoms with Gasteiger partial charge in [0.25, 0.3) is 0 Å². The van der Waals surface area contributed by atoms with E-state index in [1.165, 1.54) is 11.1 Å². The number of hydrogen-bond acceptors (Lipinski definition) is 2. The molecule has 4 heteroatoms. The van der Waals surface area contributed by atoms with Crippen molar-refractivity contribution in [2.45, 2.75) is 33.7 Å². The van der Waals surface area contributed by atoms with Crippen molar-refractivity contribution in [3.05, 3.63) is 59.2 Å². The molecule has 0 aliphatic heterocycles. The summed E-state index contributed by atoms with van der Waals surface area (Å²) in [7, 11) is 0. The van der Waals surface area contributed by atoms with Crippen LogP contribution in [0.1, 0.15) is 23.6 Å². The number of hydrogen-bond donors (Lipinski definition) is 2. The van der Waals surface area contributed by atoms with E-state index in [1.807, 2.05) is 31.2 Å². The summed E-state index contributed by atoms with van der Waals surface area (Å²) in [6.07, 6.45) is 0. The molecule has 0 unspecified atom stereocenters. The van der Waals surface area contributed by atoms with Gasteiger partial charge in [0.2, 0.25) is 0 Å². The Kier molecular flexibility index (Phi) is 5.99. The molecule has 2 aromatic carbocycles. The van der Waals surface area contributed by atoms with Gasteiger partial charge in [-0.3, -0.25) is 0 Å². The Hall–Kier alpha value is -2.07. The highest BCUT2D eigenvalue weighted by Gasteiger charge is 2.08. The van der Waals surface area contributed by atoms with E-state index in [0.717, 1.165) is 17.0 Å². The lowest BCUT2D eigenvalue weighted by molar-refractivity contribution is 0.285. The second-order valence-corrected chi connectivity index (χ2v) is 6.30. The van der Waals surface area contributed by atoms with Crippen LogP contribution in [-0.2, 0) is 0 Å². The largest absolute Gasteiger partial charge is 0.491 e. The van der Waals surface area contributed by atoms with Crippen LogP contribution in [0.25, 0.3) is 0 Å². The van der Waals surface area contributed by atoms with Crippen LogP contribution in [0, 0.1) is 20.8 Å². The van der Waals surface area contributed by atoms with Gasteiger partial charge in [-0.25, -0.2) is 0 Å². The molecule has 122 valence electrons. The first-order valence-electron chi connectivity index (χ1n) is 7.79. The smallest absolute Gasteiger partial charge is 0.171 e. The molecule has 2 aromatic rings. The minimum Gasteiger partial charge on any atom is -0.491 e. The first kappa shape index (κ1) is 17.3. The van der Waals surface area contributed by atoms with E-state index < -0.39 is 0 Å². The zero-order valence-electron chi connectivity index (χ0n) is 14.1. The molecule has 0 aliphatic carbocycles. The first-order valence-corrected chi connectivity index (χ1v) is 8.19. The van der Waals surface area contributed by atoms with Crippen molar-refractivity contribution in [1.29, 1.82) is 0 Å². The van der Waals surface area contributed by atoms with E-state index in [-0.39, 0.29) is 6.04 Å². The Bertz CT molecular complexity index is 685. The standard InChI is InChI=1S/C19H24N2OS/c1-13-9-10-14(2)17(11-13)21-19(23)20-16(4)12-22-18-8-6-5-7-15(18)3/h5-11,16H,12H2,1-4H3,(H2,20,21,23)/t16-/m1/s1. The lowest BCUT2D eigenvalue weighted by Gasteiger charge is -2.19. The fourth-order valence-corrected chi connectivity index (χ4v) is 2.54. The molecule has 0 fully saturated rings. The van der Waals surface area contributed by atoms with Crippen molar-refractivity contribution < 1.29 is 4.74 Å². The fraction of sp³-hybridized carbons (Fsp3) is 0.316. The van der Waals surface area contributed by atoms with Gasteiger partial charge in [0, 0.05) is 5.69 Å². The summed E-state index contributed by atoms with van der Waals surface area (Å²) >= 11 is 5.39. The minimum atomic E-state index is 0.111. The SMILES string of the molecule is Cc1ccc(C)c(NC(=S)N[C@H](C)COc2ccccc2C)c1. The Labute approximate surface area is 144 Å². The fourth-order valence-electron chi connectivity index (χ4n) is 2.23. The molecule has 0 heterocycles. The van der Waals surface area contributed by atoms with Crippen LogP contribution in [-0.4, -0.2) is 17.8 Å². The number of anilines is 1. The van der Waals surface area contributed by atoms with E-state index in [0.29, 0.717) is 11.7 Å². The van der Waals surface area contributed by atoms with Crippen molar-refractivity contribution >= 4 is 23.0 Å². The molecule has 2 N–H and O–H groups in total. The maximum atomic E-state index is 5.84. The molecule has 0 radical (unpaired) electrons. The summed E-state index contributed by atoms with van der Waals surface area (Å²) in [5.74, 6) is 0.912. The Morgan fingerprint density at radius 2 is 1.83 bits per heavy atom. The van der Waals surface area contributed by atoms with Gasteiger partial charge in [0.15, 0.2) is 5.11 Å². The second-order valence-electron chi connectivity index (χ2n) is 5.89. The summed E-state index contributed by atoms with van der Waals surface area (Å²) in [4.78, 5) is 0. The van der Waals surface area contributed by atoms with Crippen LogP contribution in [0.15, 0.2) is 42.5 Å². The molecule has 3 nitrogen and oxygen atoms in total. The van der Waals surface area contributed by atoms with Crippen molar-refractivity contribution in [3.63, 3.8) is 0 Å². The number of nitrogens with one attached hydrogen (secondary N) is 2. The second kappa shape index (κ2) is 7.97. The van der Waals surface area contributed by atoms with E-state index in [2.05, 4.69) is 49.6 Å². The molecule has 0 aromatic heterocycles. The van der Waals surface area contributed by atoms with E-state index >= 15 is 0 Å². The Morgan fingerprint density at radius 3 is 2.57 bits per heavy atom. The Balaban J connectivity index is 1.85. The maximum Gasteiger partial charge on any atom is 0.171 e. The van der Waals surface area contributed by atoms with Crippen LogP contribution < -0.4 is 15.4 Å². The van der Waals surface area contributed by atoms with Gasteiger partial charge in [-0.05, 0) is 68.7 Å². The van der Waals surface area contributed by atoms with Crippen LogP contribution in [0.5, 0.6) is 5.75 Å². The van der Waals surface area contributed by atoms with Crippen LogP contribution in [0.2, 0.25) is 0 Å². The van der Waals surface area contributed by atoms with Crippen molar-refractivity contribution in [2.75, 3.05) is 11.9 Å². The molecule has 1 atom stereocenters. The summed E-state index contributed by atoms with van der Waals surface area (Å²) in [5, 5.41) is 7.13. The van der Waals surface area contributed by atoms with Crippen LogP contribution in [0.4, 0.5) is 5.69 Å². The van der Waals surface area contributed by atoms with Crippen molar-refractivity contribution in [3.8, 4) is 5.75 Å². The van der Waals surface area contributed by atoms with Gasteiger partial charge < -0.3 is 15.4 Å². The molecule has 0 spiro atoms. The lowest BCUT2D eigenvalue weighted by Crippen LogP contribution is -2.39. The third-order valence-electron chi connectivity index (χ3n) is 3.60.